The molecule has 1 aromatic heterocycles. The average Bonchev–Trinajstić information content (AvgIpc) is 3.08. The van der Waals surface area contributed by atoms with Crippen molar-refractivity contribution >= 4 is 5.91 Å². The molecule has 2 heterocycles. The highest BCUT2D eigenvalue weighted by Gasteiger charge is 2.29. The molecule has 1 N–H and O–H groups in total. The Morgan fingerprint density at radius 2 is 2.12 bits per heavy atom. The number of hydrogen-bond acceptors (Lipinski definition) is 4. The van der Waals surface area contributed by atoms with Crippen LogP contribution in [-0.4, -0.2) is 36.0 Å². The van der Waals surface area contributed by atoms with E-state index < -0.39 is 0 Å². The smallest absolute Gasteiger partial charge is 0.234 e. The van der Waals surface area contributed by atoms with Gasteiger partial charge in [-0.3, -0.25) is 14.7 Å². The van der Waals surface area contributed by atoms with E-state index in [0.29, 0.717) is 13.1 Å². The van der Waals surface area contributed by atoms with Gasteiger partial charge in [0.1, 0.15) is 5.75 Å². The van der Waals surface area contributed by atoms with Gasteiger partial charge in [-0.2, -0.15) is 0 Å². The van der Waals surface area contributed by atoms with E-state index in [9.17, 15) is 4.79 Å². The van der Waals surface area contributed by atoms with E-state index in [2.05, 4.69) is 21.3 Å². The van der Waals surface area contributed by atoms with Gasteiger partial charge in [-0.1, -0.05) is 24.3 Å². The second-order valence-corrected chi connectivity index (χ2v) is 5.97. The average molecular weight is 325 g/mol. The highest BCUT2D eigenvalue weighted by atomic mass is 16.5. The highest BCUT2D eigenvalue weighted by Crippen LogP contribution is 2.36. The van der Waals surface area contributed by atoms with Crippen molar-refractivity contribution in [3.05, 3.63) is 59.9 Å². The van der Waals surface area contributed by atoms with Gasteiger partial charge in [-0.15, -0.1) is 0 Å². The van der Waals surface area contributed by atoms with Crippen molar-refractivity contribution in [2.24, 2.45) is 0 Å². The third-order valence-electron chi connectivity index (χ3n) is 4.40. The number of carbonyl (C=O) groups excluding carboxylic acids is 1. The molecule has 0 saturated carbocycles. The minimum Gasteiger partial charge on any atom is -0.496 e. The molecule has 0 unspecified atom stereocenters. The predicted octanol–water partition coefficient (Wildman–Crippen LogP) is 2.54. The number of likely N-dealkylation sites (tertiary alicyclic amines) is 1. The third-order valence-corrected chi connectivity index (χ3v) is 4.40. The lowest BCUT2D eigenvalue weighted by molar-refractivity contribution is -0.122. The second kappa shape index (κ2) is 7.93. The summed E-state index contributed by atoms with van der Waals surface area (Å²) in [6, 6.07) is 14.0. The van der Waals surface area contributed by atoms with Crippen LogP contribution in [-0.2, 0) is 11.3 Å². The monoisotopic (exact) mass is 325 g/mol. The summed E-state index contributed by atoms with van der Waals surface area (Å²) < 4.78 is 5.48. The molecule has 1 atom stereocenters. The molecule has 1 saturated heterocycles. The number of carbonyl (C=O) groups is 1. The van der Waals surface area contributed by atoms with E-state index in [0.717, 1.165) is 36.4 Å². The molecule has 2 aromatic rings. The van der Waals surface area contributed by atoms with E-state index in [-0.39, 0.29) is 11.9 Å². The van der Waals surface area contributed by atoms with Crippen molar-refractivity contribution in [3.8, 4) is 5.75 Å². The second-order valence-electron chi connectivity index (χ2n) is 5.97. The Morgan fingerprint density at radius 1 is 1.29 bits per heavy atom. The summed E-state index contributed by atoms with van der Waals surface area (Å²) in [6.07, 6.45) is 3.88. The lowest BCUT2D eigenvalue weighted by atomic mass is 10.0. The number of aromatic nitrogens is 1. The first-order valence-electron chi connectivity index (χ1n) is 8.31. The number of hydrogen-bond donors (Lipinski definition) is 1. The van der Waals surface area contributed by atoms with Crippen LogP contribution in [0, 0.1) is 0 Å². The van der Waals surface area contributed by atoms with Crippen molar-refractivity contribution in [1.29, 1.82) is 0 Å². The molecule has 5 nitrogen and oxygen atoms in total. The van der Waals surface area contributed by atoms with Gasteiger partial charge in [0, 0.05) is 17.8 Å². The first-order valence-corrected chi connectivity index (χ1v) is 8.31. The Morgan fingerprint density at radius 3 is 2.92 bits per heavy atom. The number of benzene rings is 1. The number of nitrogens with one attached hydrogen (secondary N) is 1. The fourth-order valence-corrected chi connectivity index (χ4v) is 3.24. The van der Waals surface area contributed by atoms with Crippen LogP contribution in [0.1, 0.15) is 30.1 Å². The Labute approximate surface area is 142 Å². The molecule has 1 amide bonds. The van der Waals surface area contributed by atoms with Gasteiger partial charge in [0.05, 0.1) is 25.9 Å². The Balaban J connectivity index is 1.60. The summed E-state index contributed by atoms with van der Waals surface area (Å²) >= 11 is 0. The molecule has 1 aromatic carbocycles. The van der Waals surface area contributed by atoms with E-state index in [1.165, 1.54) is 0 Å². The number of rotatable bonds is 6. The summed E-state index contributed by atoms with van der Waals surface area (Å²) in [7, 11) is 1.69. The Kier molecular flexibility index (Phi) is 5.43. The van der Waals surface area contributed by atoms with Crippen LogP contribution in [0.4, 0.5) is 0 Å². The molecule has 0 spiro atoms. The minimum absolute atomic E-state index is 0.0300. The zero-order chi connectivity index (χ0) is 16.8. The molecule has 1 aliphatic rings. The van der Waals surface area contributed by atoms with E-state index in [1.54, 1.807) is 13.3 Å². The summed E-state index contributed by atoms with van der Waals surface area (Å²) in [4.78, 5) is 18.7. The molecule has 1 fully saturated rings. The Hall–Kier alpha value is -2.40. The molecule has 126 valence electrons. The standard InChI is InChI=1S/C19H23N3O2/c1-24-18-10-3-2-8-16(18)17-9-6-12-22(17)14-19(23)21-13-15-7-4-5-11-20-15/h2-5,7-8,10-11,17H,6,9,12-14H2,1H3,(H,21,23)/t17-/m0/s1. The Bertz CT molecular complexity index is 675. The van der Waals surface area contributed by atoms with Crippen LogP contribution in [0.5, 0.6) is 5.75 Å². The molecule has 24 heavy (non-hydrogen) atoms. The van der Waals surface area contributed by atoms with Crippen molar-refractivity contribution in [1.82, 2.24) is 15.2 Å². The van der Waals surface area contributed by atoms with E-state index >= 15 is 0 Å². The molecule has 1 aliphatic heterocycles. The van der Waals surface area contributed by atoms with Gasteiger partial charge in [0.25, 0.3) is 0 Å². The SMILES string of the molecule is COc1ccccc1[C@@H]1CCCN1CC(=O)NCc1ccccn1. The van der Waals surface area contributed by atoms with Crippen LogP contribution in [0.2, 0.25) is 0 Å². The van der Waals surface area contributed by atoms with Crippen LogP contribution in [0.15, 0.2) is 48.7 Å². The first kappa shape index (κ1) is 16.5. The van der Waals surface area contributed by atoms with Gasteiger partial charge in [-0.05, 0) is 37.6 Å². The maximum Gasteiger partial charge on any atom is 0.234 e. The fourth-order valence-electron chi connectivity index (χ4n) is 3.24. The van der Waals surface area contributed by atoms with Crippen molar-refractivity contribution in [2.75, 3.05) is 20.2 Å². The largest absolute Gasteiger partial charge is 0.496 e. The lowest BCUT2D eigenvalue weighted by Crippen LogP contribution is -2.36. The van der Waals surface area contributed by atoms with Gasteiger partial charge in [-0.25, -0.2) is 0 Å². The molecular formula is C19H23N3O2. The van der Waals surface area contributed by atoms with Gasteiger partial charge < -0.3 is 10.1 Å². The molecule has 5 heteroatoms. The molecule has 0 bridgehead atoms. The van der Waals surface area contributed by atoms with Crippen LogP contribution < -0.4 is 10.1 Å². The topological polar surface area (TPSA) is 54.5 Å². The molecule has 3 rings (SSSR count). The number of ether oxygens (including phenoxy) is 1. The number of pyridine rings is 1. The summed E-state index contributed by atoms with van der Waals surface area (Å²) in [5, 5.41) is 2.95. The summed E-state index contributed by atoms with van der Waals surface area (Å²) in [6.45, 7) is 1.79. The van der Waals surface area contributed by atoms with Crippen LogP contribution in [0.25, 0.3) is 0 Å². The number of amides is 1. The number of methoxy groups -OCH3 is 1. The predicted molar refractivity (Wildman–Crippen MR) is 92.6 cm³/mol. The molecular weight excluding hydrogens is 302 g/mol. The normalized spacial score (nSPS) is 17.6. The quantitative estimate of drug-likeness (QED) is 0.887. The maximum atomic E-state index is 12.3. The van der Waals surface area contributed by atoms with Gasteiger partial charge in [0.2, 0.25) is 5.91 Å². The van der Waals surface area contributed by atoms with Crippen molar-refractivity contribution in [3.63, 3.8) is 0 Å². The minimum atomic E-state index is 0.0300. The lowest BCUT2D eigenvalue weighted by Gasteiger charge is -2.25. The van der Waals surface area contributed by atoms with Gasteiger partial charge in [0.15, 0.2) is 0 Å². The number of para-hydroxylation sites is 1. The van der Waals surface area contributed by atoms with E-state index in [1.807, 2.05) is 36.4 Å². The van der Waals surface area contributed by atoms with Crippen LogP contribution in [0.3, 0.4) is 0 Å². The number of nitrogens with zero attached hydrogens (tertiary/aromatic N) is 2. The van der Waals surface area contributed by atoms with Crippen LogP contribution >= 0.6 is 0 Å². The summed E-state index contributed by atoms with van der Waals surface area (Å²) in [5.74, 6) is 0.922. The van der Waals surface area contributed by atoms with Gasteiger partial charge >= 0.3 is 0 Å². The van der Waals surface area contributed by atoms with Crippen molar-refractivity contribution < 1.29 is 9.53 Å². The molecule has 0 aliphatic carbocycles. The zero-order valence-corrected chi connectivity index (χ0v) is 13.9. The van der Waals surface area contributed by atoms with Crippen molar-refractivity contribution in [2.45, 2.75) is 25.4 Å². The zero-order valence-electron chi connectivity index (χ0n) is 13.9. The summed E-state index contributed by atoms with van der Waals surface area (Å²) in [5.41, 5.74) is 2.03. The third kappa shape index (κ3) is 3.92. The van der Waals surface area contributed by atoms with E-state index in [4.69, 9.17) is 4.74 Å². The fraction of sp³-hybridized carbons (Fsp3) is 0.368. The maximum absolute atomic E-state index is 12.3. The highest BCUT2D eigenvalue weighted by molar-refractivity contribution is 5.78. The molecule has 0 radical (unpaired) electrons. The first-order chi connectivity index (χ1) is 11.8.